The van der Waals surface area contributed by atoms with Crippen LogP contribution in [0, 0.1) is 6.92 Å². The van der Waals surface area contributed by atoms with Crippen molar-refractivity contribution in [1.29, 1.82) is 0 Å². The summed E-state index contributed by atoms with van der Waals surface area (Å²) in [6.07, 6.45) is 0. The summed E-state index contributed by atoms with van der Waals surface area (Å²) in [5.41, 5.74) is 4.31. The smallest absolute Gasteiger partial charge is 0.159 e. The molecule has 17 heavy (non-hydrogen) atoms. The molecule has 2 aromatic carbocycles. The zero-order valence-electron chi connectivity index (χ0n) is 9.83. The second-order valence-electron chi connectivity index (χ2n) is 4.09. The molecular weight excluding hydrogens is 276 g/mol. The number of carbonyl (C=O) groups excluding carboxylic acids is 1. The maximum Gasteiger partial charge on any atom is 0.159 e. The molecule has 0 spiro atoms. The monoisotopic (exact) mass is 288 g/mol. The van der Waals surface area contributed by atoms with Crippen molar-refractivity contribution < 1.29 is 4.79 Å². The van der Waals surface area contributed by atoms with Crippen LogP contribution in [0.2, 0.25) is 0 Å². The quantitative estimate of drug-likeness (QED) is 0.737. The van der Waals surface area contributed by atoms with Gasteiger partial charge in [-0.2, -0.15) is 0 Å². The van der Waals surface area contributed by atoms with Crippen LogP contribution < -0.4 is 0 Å². The Morgan fingerprint density at radius 3 is 2.24 bits per heavy atom. The fourth-order valence-corrected chi connectivity index (χ4v) is 2.31. The normalized spacial score (nSPS) is 10.3. The van der Waals surface area contributed by atoms with Crippen molar-refractivity contribution in [3.63, 3.8) is 0 Å². The van der Waals surface area contributed by atoms with E-state index in [0.29, 0.717) is 0 Å². The van der Waals surface area contributed by atoms with Gasteiger partial charge in [-0.3, -0.25) is 4.79 Å². The first-order valence-corrected chi connectivity index (χ1v) is 6.25. The van der Waals surface area contributed by atoms with E-state index >= 15 is 0 Å². The van der Waals surface area contributed by atoms with Crippen molar-refractivity contribution in [3.8, 4) is 11.1 Å². The lowest BCUT2D eigenvalue weighted by molar-refractivity contribution is 0.101. The van der Waals surface area contributed by atoms with Crippen LogP contribution in [-0.2, 0) is 0 Å². The van der Waals surface area contributed by atoms with Gasteiger partial charge in [-0.05, 0) is 42.7 Å². The lowest BCUT2D eigenvalue weighted by atomic mass is 9.99. The first kappa shape index (κ1) is 12.1. The Morgan fingerprint density at radius 1 is 1.06 bits per heavy atom. The summed E-state index contributed by atoms with van der Waals surface area (Å²) in [5, 5.41) is 0. The van der Waals surface area contributed by atoms with Gasteiger partial charge in [-0.1, -0.05) is 46.3 Å². The van der Waals surface area contributed by atoms with Gasteiger partial charge in [-0.25, -0.2) is 0 Å². The molecule has 0 fully saturated rings. The van der Waals surface area contributed by atoms with Crippen LogP contribution in [0.25, 0.3) is 11.1 Å². The second kappa shape index (κ2) is 4.84. The zero-order valence-corrected chi connectivity index (χ0v) is 11.4. The molecular formula is C15H13BrO. The van der Waals surface area contributed by atoms with Crippen LogP contribution >= 0.6 is 15.9 Å². The molecule has 0 heterocycles. The molecule has 0 aliphatic rings. The van der Waals surface area contributed by atoms with Crippen LogP contribution in [0.3, 0.4) is 0 Å². The first-order chi connectivity index (χ1) is 8.08. The Labute approximate surface area is 110 Å². The fourth-order valence-electron chi connectivity index (χ4n) is 1.84. The second-order valence-corrected chi connectivity index (χ2v) is 5.01. The molecule has 1 nitrogen and oxygen atoms in total. The third-order valence-corrected chi connectivity index (χ3v) is 3.28. The number of hydrogen-bond donors (Lipinski definition) is 0. The average Bonchev–Trinajstić information content (AvgIpc) is 2.29. The number of aryl methyl sites for hydroxylation is 1. The molecule has 0 saturated carbocycles. The number of halogens is 1. The lowest BCUT2D eigenvalue weighted by Crippen LogP contribution is -1.91. The topological polar surface area (TPSA) is 17.1 Å². The van der Waals surface area contributed by atoms with E-state index in [1.165, 1.54) is 11.1 Å². The van der Waals surface area contributed by atoms with Gasteiger partial charge in [0.25, 0.3) is 0 Å². The zero-order chi connectivity index (χ0) is 12.4. The summed E-state index contributed by atoms with van der Waals surface area (Å²) >= 11 is 3.45. The SMILES string of the molecule is CC(=O)c1ccc(-c2ccc(Br)cc2C)cc1. The summed E-state index contributed by atoms with van der Waals surface area (Å²) in [7, 11) is 0. The largest absolute Gasteiger partial charge is 0.295 e. The number of hydrogen-bond acceptors (Lipinski definition) is 1. The maximum atomic E-state index is 11.2. The predicted octanol–water partition coefficient (Wildman–Crippen LogP) is 4.63. The standard InChI is InChI=1S/C15H13BrO/c1-10-9-14(16)7-8-15(10)13-5-3-12(4-6-13)11(2)17/h3-9H,1-2H3. The molecule has 2 heteroatoms. The van der Waals surface area contributed by atoms with Gasteiger partial charge in [0.15, 0.2) is 5.78 Å². The van der Waals surface area contributed by atoms with Crippen LogP contribution in [0.1, 0.15) is 22.8 Å². The van der Waals surface area contributed by atoms with Crippen LogP contribution in [-0.4, -0.2) is 5.78 Å². The lowest BCUT2D eigenvalue weighted by Gasteiger charge is -2.07. The minimum Gasteiger partial charge on any atom is -0.295 e. The first-order valence-electron chi connectivity index (χ1n) is 5.45. The number of ketones is 1. The number of Topliss-reactive ketones (excluding diaryl/α,β-unsaturated/α-hetero) is 1. The van der Waals surface area contributed by atoms with E-state index in [0.717, 1.165) is 15.6 Å². The average molecular weight is 289 g/mol. The Balaban J connectivity index is 2.43. The summed E-state index contributed by atoms with van der Waals surface area (Å²) in [5.74, 6) is 0.101. The van der Waals surface area contributed by atoms with E-state index in [1.54, 1.807) is 6.92 Å². The van der Waals surface area contributed by atoms with E-state index in [2.05, 4.69) is 35.0 Å². The van der Waals surface area contributed by atoms with Crippen molar-refractivity contribution in [2.75, 3.05) is 0 Å². The predicted molar refractivity (Wildman–Crippen MR) is 74.3 cm³/mol. The van der Waals surface area contributed by atoms with E-state index in [9.17, 15) is 4.79 Å². The number of carbonyl (C=O) groups is 1. The third kappa shape index (κ3) is 2.64. The van der Waals surface area contributed by atoms with Crippen molar-refractivity contribution in [3.05, 3.63) is 58.1 Å². The minimum atomic E-state index is 0.101. The summed E-state index contributed by atoms with van der Waals surface area (Å²) in [6, 6.07) is 13.9. The Bertz CT molecular complexity index is 556. The van der Waals surface area contributed by atoms with E-state index in [1.807, 2.05) is 30.3 Å². The highest BCUT2D eigenvalue weighted by Gasteiger charge is 2.04. The highest BCUT2D eigenvalue weighted by Crippen LogP contribution is 2.26. The fraction of sp³-hybridized carbons (Fsp3) is 0.133. The maximum absolute atomic E-state index is 11.2. The summed E-state index contributed by atoms with van der Waals surface area (Å²) < 4.78 is 1.08. The van der Waals surface area contributed by atoms with Crippen molar-refractivity contribution >= 4 is 21.7 Å². The molecule has 0 amide bonds. The Hall–Kier alpha value is -1.41. The molecule has 86 valence electrons. The van der Waals surface area contributed by atoms with Gasteiger partial charge in [0.2, 0.25) is 0 Å². The van der Waals surface area contributed by atoms with Crippen LogP contribution in [0.15, 0.2) is 46.9 Å². The van der Waals surface area contributed by atoms with Gasteiger partial charge in [0.1, 0.15) is 0 Å². The highest BCUT2D eigenvalue weighted by atomic mass is 79.9. The Kier molecular flexibility index (Phi) is 3.43. The van der Waals surface area contributed by atoms with Gasteiger partial charge in [-0.15, -0.1) is 0 Å². The van der Waals surface area contributed by atoms with E-state index in [-0.39, 0.29) is 5.78 Å². The summed E-state index contributed by atoms with van der Waals surface area (Å²) in [4.78, 5) is 11.2. The molecule has 0 atom stereocenters. The van der Waals surface area contributed by atoms with Gasteiger partial charge < -0.3 is 0 Å². The van der Waals surface area contributed by atoms with Crippen molar-refractivity contribution in [2.45, 2.75) is 13.8 Å². The van der Waals surface area contributed by atoms with Gasteiger partial charge in [0, 0.05) is 10.0 Å². The van der Waals surface area contributed by atoms with Crippen molar-refractivity contribution in [1.82, 2.24) is 0 Å². The van der Waals surface area contributed by atoms with Crippen molar-refractivity contribution in [2.24, 2.45) is 0 Å². The van der Waals surface area contributed by atoms with Gasteiger partial charge in [0.05, 0.1) is 0 Å². The van der Waals surface area contributed by atoms with Crippen LogP contribution in [0.5, 0.6) is 0 Å². The van der Waals surface area contributed by atoms with Crippen LogP contribution in [0.4, 0.5) is 0 Å². The molecule has 2 rings (SSSR count). The van der Waals surface area contributed by atoms with Gasteiger partial charge >= 0.3 is 0 Å². The molecule has 0 saturated heterocycles. The minimum absolute atomic E-state index is 0.101. The van der Waals surface area contributed by atoms with E-state index < -0.39 is 0 Å². The molecule has 2 aromatic rings. The molecule has 0 radical (unpaired) electrons. The number of benzene rings is 2. The number of rotatable bonds is 2. The summed E-state index contributed by atoms with van der Waals surface area (Å²) in [6.45, 7) is 3.67. The Morgan fingerprint density at radius 2 is 1.71 bits per heavy atom. The molecule has 0 N–H and O–H groups in total. The molecule has 0 unspecified atom stereocenters. The molecule has 0 aliphatic heterocycles. The highest BCUT2D eigenvalue weighted by molar-refractivity contribution is 9.10. The molecule has 0 aromatic heterocycles. The molecule has 0 aliphatic carbocycles. The third-order valence-electron chi connectivity index (χ3n) is 2.79. The van der Waals surface area contributed by atoms with E-state index in [4.69, 9.17) is 0 Å². The molecule has 0 bridgehead atoms.